The van der Waals surface area contributed by atoms with Gasteiger partial charge in [0, 0.05) is 30.6 Å². The molecule has 1 N–H and O–H groups in total. The Morgan fingerprint density at radius 3 is 2.90 bits per heavy atom. The monoisotopic (exact) mass is 294 g/mol. The van der Waals surface area contributed by atoms with Crippen LogP contribution < -0.4 is 10.1 Å². The van der Waals surface area contributed by atoms with E-state index in [1.807, 2.05) is 16.3 Å². The predicted octanol–water partition coefficient (Wildman–Crippen LogP) is 2.36. The maximum absolute atomic E-state index is 12.7. The quantitative estimate of drug-likeness (QED) is 0.876. The maximum atomic E-state index is 12.7. The summed E-state index contributed by atoms with van der Waals surface area (Å²) < 4.78 is 5.18. The first-order valence-electron chi connectivity index (χ1n) is 7.41. The van der Waals surface area contributed by atoms with Gasteiger partial charge in [0.25, 0.3) is 5.91 Å². The summed E-state index contributed by atoms with van der Waals surface area (Å²) in [5.41, 5.74) is 0. The molecule has 1 saturated carbocycles. The number of carbonyl (C=O) groups excluding carboxylic acids is 1. The molecule has 0 aromatic carbocycles. The highest BCUT2D eigenvalue weighted by Gasteiger charge is 2.30. The molecule has 1 aliphatic heterocycles. The zero-order chi connectivity index (χ0) is 13.9. The molecule has 3 rings (SSSR count). The lowest BCUT2D eigenvalue weighted by Crippen LogP contribution is -2.41. The molecule has 110 valence electrons. The number of methoxy groups -OCH3 is 1. The molecule has 1 saturated heterocycles. The molecule has 0 bridgehead atoms. The molecule has 2 heterocycles. The summed E-state index contributed by atoms with van der Waals surface area (Å²) in [5, 5.41) is 5.39. The third kappa shape index (κ3) is 3.33. The van der Waals surface area contributed by atoms with Gasteiger partial charge >= 0.3 is 0 Å². The van der Waals surface area contributed by atoms with E-state index in [2.05, 4.69) is 5.32 Å². The lowest BCUT2D eigenvalue weighted by molar-refractivity contribution is 0.0738. The van der Waals surface area contributed by atoms with Crippen molar-refractivity contribution in [3.05, 3.63) is 16.3 Å². The number of ether oxygens (including phenoxy) is 1. The molecular weight excluding hydrogens is 272 g/mol. The van der Waals surface area contributed by atoms with Crippen molar-refractivity contribution in [1.82, 2.24) is 10.2 Å². The van der Waals surface area contributed by atoms with Gasteiger partial charge in [0.05, 0.1) is 12.0 Å². The number of hydrogen-bond donors (Lipinski definition) is 1. The Bertz CT molecular complexity index is 464. The Hall–Kier alpha value is -1.07. The molecule has 1 amide bonds. The van der Waals surface area contributed by atoms with E-state index >= 15 is 0 Å². The van der Waals surface area contributed by atoms with Gasteiger partial charge in [0.2, 0.25) is 0 Å². The fourth-order valence-corrected chi connectivity index (χ4v) is 3.55. The first kappa shape index (κ1) is 13.9. The summed E-state index contributed by atoms with van der Waals surface area (Å²) in [5.74, 6) is 1.67. The molecule has 1 aromatic rings. The van der Waals surface area contributed by atoms with Crippen LogP contribution in [0.3, 0.4) is 0 Å². The summed E-state index contributed by atoms with van der Waals surface area (Å²) >= 11 is 1.48. The predicted molar refractivity (Wildman–Crippen MR) is 80.5 cm³/mol. The Labute approximate surface area is 124 Å². The molecule has 1 aromatic heterocycles. The molecule has 4 nitrogen and oxygen atoms in total. The average molecular weight is 294 g/mol. The largest absolute Gasteiger partial charge is 0.496 e. The van der Waals surface area contributed by atoms with Crippen LogP contribution in [-0.4, -0.2) is 43.6 Å². The van der Waals surface area contributed by atoms with Crippen LogP contribution in [0.1, 0.15) is 35.4 Å². The minimum atomic E-state index is 0.166. The molecule has 0 radical (unpaired) electrons. The van der Waals surface area contributed by atoms with Gasteiger partial charge in [0.15, 0.2) is 0 Å². The number of thiophene rings is 1. The van der Waals surface area contributed by atoms with Gasteiger partial charge in [-0.1, -0.05) is 0 Å². The van der Waals surface area contributed by atoms with Gasteiger partial charge in [-0.25, -0.2) is 0 Å². The van der Waals surface area contributed by atoms with E-state index in [0.717, 1.165) is 36.2 Å². The Morgan fingerprint density at radius 2 is 2.30 bits per heavy atom. The molecular formula is C15H22N2O2S. The van der Waals surface area contributed by atoms with E-state index in [0.29, 0.717) is 6.04 Å². The second kappa shape index (κ2) is 6.14. The van der Waals surface area contributed by atoms with Crippen LogP contribution in [0.2, 0.25) is 0 Å². The lowest BCUT2D eigenvalue weighted by Gasteiger charge is -2.25. The van der Waals surface area contributed by atoms with Crippen LogP contribution in [0, 0.1) is 5.92 Å². The van der Waals surface area contributed by atoms with Gasteiger partial charge < -0.3 is 15.0 Å². The number of carbonyl (C=O) groups is 1. The summed E-state index contributed by atoms with van der Waals surface area (Å²) in [6.07, 6.45) is 4.95. The first-order chi connectivity index (χ1) is 9.76. The first-order valence-corrected chi connectivity index (χ1v) is 8.29. The highest BCUT2D eigenvalue weighted by atomic mass is 32.1. The van der Waals surface area contributed by atoms with Gasteiger partial charge in [0.1, 0.15) is 5.75 Å². The summed E-state index contributed by atoms with van der Waals surface area (Å²) in [6.45, 7) is 2.84. The third-order valence-corrected chi connectivity index (χ3v) is 4.98. The van der Waals surface area contributed by atoms with Crippen LogP contribution in [0.25, 0.3) is 0 Å². The van der Waals surface area contributed by atoms with Crippen molar-refractivity contribution in [2.75, 3.05) is 26.7 Å². The molecule has 2 aliphatic rings. The smallest absolute Gasteiger partial charge is 0.264 e. The van der Waals surface area contributed by atoms with Crippen LogP contribution >= 0.6 is 11.3 Å². The molecule has 0 spiro atoms. The molecule has 1 atom stereocenters. The normalized spacial score (nSPS) is 21.9. The van der Waals surface area contributed by atoms with E-state index in [-0.39, 0.29) is 5.91 Å². The lowest BCUT2D eigenvalue weighted by atomic mass is 10.2. The van der Waals surface area contributed by atoms with Crippen molar-refractivity contribution < 1.29 is 9.53 Å². The van der Waals surface area contributed by atoms with Crippen molar-refractivity contribution in [2.24, 2.45) is 5.92 Å². The van der Waals surface area contributed by atoms with Gasteiger partial charge in [-0.15, -0.1) is 11.3 Å². The zero-order valence-electron chi connectivity index (χ0n) is 11.9. The highest BCUT2D eigenvalue weighted by Crippen LogP contribution is 2.31. The number of hydrogen-bond acceptors (Lipinski definition) is 4. The maximum Gasteiger partial charge on any atom is 0.264 e. The second-order valence-corrected chi connectivity index (χ2v) is 6.71. The van der Waals surface area contributed by atoms with Crippen LogP contribution in [0.5, 0.6) is 5.75 Å². The molecule has 5 heteroatoms. The fourth-order valence-electron chi connectivity index (χ4n) is 2.72. The summed E-state index contributed by atoms with van der Waals surface area (Å²) in [6, 6.07) is 2.33. The van der Waals surface area contributed by atoms with Gasteiger partial charge in [-0.2, -0.15) is 0 Å². The Morgan fingerprint density at radius 1 is 1.45 bits per heavy atom. The number of rotatable bonds is 6. The molecule has 1 unspecified atom stereocenters. The van der Waals surface area contributed by atoms with Crippen molar-refractivity contribution in [3.8, 4) is 5.75 Å². The van der Waals surface area contributed by atoms with E-state index in [1.54, 1.807) is 7.11 Å². The van der Waals surface area contributed by atoms with Crippen LogP contribution in [-0.2, 0) is 0 Å². The Kier molecular flexibility index (Phi) is 4.27. The van der Waals surface area contributed by atoms with Gasteiger partial charge in [-0.3, -0.25) is 4.79 Å². The van der Waals surface area contributed by atoms with E-state index in [9.17, 15) is 4.79 Å². The molecule has 1 aliphatic carbocycles. The van der Waals surface area contributed by atoms with Crippen molar-refractivity contribution in [2.45, 2.75) is 31.7 Å². The fraction of sp³-hybridized carbons (Fsp3) is 0.667. The minimum Gasteiger partial charge on any atom is -0.496 e. The van der Waals surface area contributed by atoms with Crippen molar-refractivity contribution in [3.63, 3.8) is 0 Å². The third-order valence-electron chi connectivity index (χ3n) is 4.09. The van der Waals surface area contributed by atoms with Crippen molar-refractivity contribution >= 4 is 17.2 Å². The summed E-state index contributed by atoms with van der Waals surface area (Å²) in [7, 11) is 1.64. The van der Waals surface area contributed by atoms with Crippen molar-refractivity contribution in [1.29, 1.82) is 0 Å². The second-order valence-electron chi connectivity index (χ2n) is 5.80. The van der Waals surface area contributed by atoms with Crippen LogP contribution in [0.15, 0.2) is 11.4 Å². The SMILES string of the molecule is COc1csc(C(=O)N(CC2CC2)CC2CCCN2)c1. The number of nitrogens with zero attached hydrogens (tertiary/aromatic N) is 1. The minimum absolute atomic E-state index is 0.166. The van der Waals surface area contributed by atoms with Crippen LogP contribution in [0.4, 0.5) is 0 Å². The van der Waals surface area contributed by atoms with Gasteiger partial charge in [-0.05, 0) is 38.1 Å². The zero-order valence-corrected chi connectivity index (χ0v) is 12.7. The number of nitrogens with one attached hydrogen (secondary N) is 1. The van der Waals surface area contributed by atoms with E-state index in [4.69, 9.17) is 4.74 Å². The summed E-state index contributed by atoms with van der Waals surface area (Å²) in [4.78, 5) is 15.5. The van der Waals surface area contributed by atoms with E-state index in [1.165, 1.54) is 37.0 Å². The van der Waals surface area contributed by atoms with E-state index < -0.39 is 0 Å². The standard InChI is InChI=1S/C15H22N2O2S/c1-19-13-7-14(20-10-13)15(18)17(8-11-4-5-11)9-12-3-2-6-16-12/h7,10-12,16H,2-6,8-9H2,1H3. The average Bonchev–Trinajstić information content (AvgIpc) is 2.96. The highest BCUT2D eigenvalue weighted by molar-refractivity contribution is 7.12. The molecule has 2 fully saturated rings. The molecule has 20 heavy (non-hydrogen) atoms. The number of amides is 1. The Balaban J connectivity index is 1.67. The topological polar surface area (TPSA) is 41.6 Å².